The molecule has 5 aliphatic rings. The molecule has 0 unspecified atom stereocenters. The number of hydrogen-bond acceptors (Lipinski definition) is 5. The largest absolute Gasteiger partial charge is 0.496 e. The molecule has 2 bridgehead atoms. The van der Waals surface area contributed by atoms with Crippen molar-refractivity contribution in [1.29, 1.82) is 0 Å². The van der Waals surface area contributed by atoms with Crippen LogP contribution >= 0.6 is 0 Å². The van der Waals surface area contributed by atoms with Crippen molar-refractivity contribution >= 4 is 5.97 Å². The quantitative estimate of drug-likeness (QED) is 0.591. The summed E-state index contributed by atoms with van der Waals surface area (Å²) in [6, 6.07) is 4.06. The Morgan fingerprint density at radius 1 is 1.03 bits per heavy atom. The summed E-state index contributed by atoms with van der Waals surface area (Å²) in [7, 11) is 5.02. The highest BCUT2D eigenvalue weighted by Gasteiger charge is 2.71. The van der Waals surface area contributed by atoms with Crippen molar-refractivity contribution in [2.24, 2.45) is 34.5 Å². The van der Waals surface area contributed by atoms with Crippen LogP contribution < -0.4 is 9.47 Å². The molecule has 188 valence electrons. The molecule has 5 heteroatoms. The van der Waals surface area contributed by atoms with E-state index >= 15 is 0 Å². The van der Waals surface area contributed by atoms with E-state index in [0.717, 1.165) is 50.0 Å². The molecule has 3 saturated carbocycles. The number of aliphatic hydroxyl groups excluding tert-OH is 1. The lowest BCUT2D eigenvalue weighted by atomic mass is 9.34. The molecule has 1 aromatic rings. The predicted octanol–water partition coefficient (Wildman–Crippen LogP) is 5.47. The van der Waals surface area contributed by atoms with Gasteiger partial charge in [-0.05, 0) is 86.2 Å². The second-order valence-electron chi connectivity index (χ2n) is 12.3. The number of rotatable bonds is 4. The number of hydrogen-bond donors (Lipinski definition) is 1. The minimum absolute atomic E-state index is 0.0492. The van der Waals surface area contributed by atoms with Crippen molar-refractivity contribution < 1.29 is 24.1 Å². The van der Waals surface area contributed by atoms with Gasteiger partial charge in [-0.25, -0.2) is 0 Å². The second-order valence-corrected chi connectivity index (χ2v) is 12.3. The summed E-state index contributed by atoms with van der Waals surface area (Å²) < 4.78 is 17.2. The fourth-order valence-electron chi connectivity index (χ4n) is 9.77. The van der Waals surface area contributed by atoms with Crippen LogP contribution in [-0.4, -0.2) is 38.5 Å². The van der Waals surface area contributed by atoms with E-state index in [9.17, 15) is 9.90 Å². The molecule has 6 rings (SSSR count). The van der Waals surface area contributed by atoms with Crippen molar-refractivity contribution in [1.82, 2.24) is 0 Å². The summed E-state index contributed by atoms with van der Waals surface area (Å²) in [5.41, 5.74) is 1.54. The van der Waals surface area contributed by atoms with Gasteiger partial charge >= 0.3 is 5.97 Å². The first kappa shape index (κ1) is 24.0. The molecule has 1 N–H and O–H groups in total. The fraction of sp³-hybridized carbons (Fsp3) is 0.759. The Morgan fingerprint density at radius 2 is 1.71 bits per heavy atom. The molecule has 8 atom stereocenters. The van der Waals surface area contributed by atoms with E-state index in [1.807, 2.05) is 12.1 Å². The zero-order valence-corrected chi connectivity index (χ0v) is 21.9. The molecular weight excluding hydrogens is 428 g/mol. The summed E-state index contributed by atoms with van der Waals surface area (Å²) in [5.74, 6) is 3.02. The van der Waals surface area contributed by atoms with Crippen molar-refractivity contribution in [3.05, 3.63) is 23.3 Å². The Balaban J connectivity index is 1.75. The van der Waals surface area contributed by atoms with Gasteiger partial charge in [0.15, 0.2) is 0 Å². The van der Waals surface area contributed by atoms with Gasteiger partial charge in [-0.2, -0.15) is 0 Å². The average Bonchev–Trinajstić information content (AvgIpc) is 2.82. The Bertz CT molecular complexity index is 987. The van der Waals surface area contributed by atoms with Crippen LogP contribution in [0.15, 0.2) is 12.1 Å². The van der Waals surface area contributed by atoms with Gasteiger partial charge in [0.25, 0.3) is 0 Å². The minimum atomic E-state index is -0.469. The predicted molar refractivity (Wildman–Crippen MR) is 131 cm³/mol. The number of carbonyl (C=O) groups excluding carboxylic acids is 1. The lowest BCUT2D eigenvalue weighted by Crippen LogP contribution is -2.69. The third-order valence-corrected chi connectivity index (χ3v) is 11.0. The maximum absolute atomic E-state index is 13.1. The standard InChI is InChI=1S/C29H42O5/c1-16(2)22-17-15-21-27(3)12-8-13-28(4,26(31)34-7)20(27)11-14-29(21,25(22)30)24-19(33-6)10-9-18(32-5)23(17)24/h9-10,16-17,20-22,25,30H,8,11-15H2,1-7H3/t17-,20+,21+,22+,25-,27+,28+,29+/m1/s1. The number of benzene rings is 1. The summed E-state index contributed by atoms with van der Waals surface area (Å²) in [4.78, 5) is 13.1. The molecule has 0 saturated heterocycles. The molecule has 0 aliphatic heterocycles. The van der Waals surface area contributed by atoms with Gasteiger partial charge in [0.05, 0.1) is 32.8 Å². The van der Waals surface area contributed by atoms with Gasteiger partial charge in [-0.15, -0.1) is 0 Å². The molecule has 0 amide bonds. The fourth-order valence-corrected chi connectivity index (χ4v) is 9.77. The van der Waals surface area contributed by atoms with E-state index in [-0.39, 0.29) is 35.1 Å². The van der Waals surface area contributed by atoms with Gasteiger partial charge in [-0.1, -0.05) is 27.2 Å². The molecule has 34 heavy (non-hydrogen) atoms. The number of fused-ring (bicyclic) bond motifs is 2. The van der Waals surface area contributed by atoms with Crippen LogP contribution in [0.4, 0.5) is 0 Å². The highest BCUT2D eigenvalue weighted by molar-refractivity contribution is 5.77. The SMILES string of the molecule is COC(=O)[C@@]1(C)CCC[C@]2(C)[C@@H]3C[C@H]4c5c(OC)ccc(OC)c5[C@@]3(CC[C@@H]21)[C@H](O)[C@H]4C(C)C. The number of esters is 1. The molecule has 3 fully saturated rings. The third-order valence-electron chi connectivity index (χ3n) is 11.0. The second kappa shape index (κ2) is 7.88. The van der Waals surface area contributed by atoms with Crippen molar-refractivity contribution in [3.8, 4) is 11.5 Å². The van der Waals surface area contributed by atoms with Crippen LogP contribution in [0.2, 0.25) is 0 Å². The molecule has 0 radical (unpaired) electrons. The summed E-state index contributed by atoms with van der Waals surface area (Å²) >= 11 is 0. The minimum Gasteiger partial charge on any atom is -0.496 e. The first-order chi connectivity index (χ1) is 16.1. The zero-order chi connectivity index (χ0) is 24.6. The van der Waals surface area contributed by atoms with Gasteiger partial charge < -0.3 is 19.3 Å². The molecule has 1 spiro atoms. The van der Waals surface area contributed by atoms with Crippen LogP contribution in [0.3, 0.4) is 0 Å². The molecular formula is C29H42O5. The van der Waals surface area contributed by atoms with Crippen LogP contribution in [-0.2, 0) is 14.9 Å². The zero-order valence-electron chi connectivity index (χ0n) is 21.9. The van der Waals surface area contributed by atoms with Crippen LogP contribution in [0.25, 0.3) is 0 Å². The highest BCUT2D eigenvalue weighted by Crippen LogP contribution is 2.75. The van der Waals surface area contributed by atoms with Crippen molar-refractivity contribution in [3.63, 3.8) is 0 Å². The van der Waals surface area contributed by atoms with Crippen molar-refractivity contribution in [2.45, 2.75) is 83.7 Å². The number of carbonyl (C=O) groups is 1. The smallest absolute Gasteiger partial charge is 0.311 e. The van der Waals surface area contributed by atoms with Gasteiger partial charge in [0.2, 0.25) is 0 Å². The topological polar surface area (TPSA) is 65.0 Å². The van der Waals surface area contributed by atoms with E-state index in [1.165, 1.54) is 18.2 Å². The number of aliphatic hydroxyl groups is 1. The molecule has 0 heterocycles. The summed E-state index contributed by atoms with van der Waals surface area (Å²) in [6.45, 7) is 9.03. The van der Waals surface area contributed by atoms with E-state index < -0.39 is 16.9 Å². The van der Waals surface area contributed by atoms with Crippen molar-refractivity contribution in [2.75, 3.05) is 21.3 Å². The Labute approximate surface area is 204 Å². The Hall–Kier alpha value is -1.75. The average molecular weight is 471 g/mol. The van der Waals surface area contributed by atoms with E-state index in [1.54, 1.807) is 14.2 Å². The normalized spacial score (nSPS) is 42.4. The van der Waals surface area contributed by atoms with E-state index in [4.69, 9.17) is 14.2 Å². The van der Waals surface area contributed by atoms with Crippen LogP contribution in [0.5, 0.6) is 11.5 Å². The van der Waals surface area contributed by atoms with Crippen LogP contribution in [0.1, 0.15) is 83.3 Å². The maximum Gasteiger partial charge on any atom is 0.311 e. The number of methoxy groups -OCH3 is 3. The van der Waals surface area contributed by atoms with Gasteiger partial charge in [0, 0.05) is 16.5 Å². The Kier molecular flexibility index (Phi) is 5.55. The van der Waals surface area contributed by atoms with Gasteiger partial charge in [-0.3, -0.25) is 4.79 Å². The van der Waals surface area contributed by atoms with Crippen LogP contribution in [0, 0.1) is 34.5 Å². The molecule has 5 aliphatic carbocycles. The first-order valence-corrected chi connectivity index (χ1v) is 13.1. The number of ether oxygens (including phenoxy) is 3. The van der Waals surface area contributed by atoms with E-state index in [2.05, 4.69) is 27.7 Å². The molecule has 1 aromatic carbocycles. The van der Waals surface area contributed by atoms with Gasteiger partial charge in [0.1, 0.15) is 11.5 Å². The lowest BCUT2D eigenvalue weighted by Gasteiger charge is -2.70. The summed E-state index contributed by atoms with van der Waals surface area (Å²) in [5, 5.41) is 12.2. The first-order valence-electron chi connectivity index (χ1n) is 13.1. The molecule has 5 nitrogen and oxygen atoms in total. The highest BCUT2D eigenvalue weighted by atomic mass is 16.5. The monoisotopic (exact) mass is 470 g/mol. The Morgan fingerprint density at radius 3 is 2.32 bits per heavy atom. The van der Waals surface area contributed by atoms with E-state index in [0.29, 0.717) is 5.92 Å². The lowest BCUT2D eigenvalue weighted by molar-refractivity contribution is -0.201. The summed E-state index contributed by atoms with van der Waals surface area (Å²) in [6.07, 6.45) is 5.34. The third kappa shape index (κ3) is 2.74. The maximum atomic E-state index is 13.1. The molecule has 0 aromatic heterocycles.